The Morgan fingerprint density at radius 3 is 2.23 bits per heavy atom. The van der Waals surface area contributed by atoms with Crippen molar-refractivity contribution < 1.29 is 28.9 Å². The highest BCUT2D eigenvalue weighted by Crippen LogP contribution is 2.41. The second kappa shape index (κ2) is 8.78. The molecule has 1 saturated heterocycles. The lowest BCUT2D eigenvalue weighted by molar-refractivity contribution is -0.152. The summed E-state index contributed by atoms with van der Waals surface area (Å²) in [5.41, 5.74) is 0.724. The van der Waals surface area contributed by atoms with Gasteiger partial charge in [0.05, 0.1) is 27.2 Å². The van der Waals surface area contributed by atoms with Crippen molar-refractivity contribution in [2.24, 2.45) is 0 Å². The maximum atomic E-state index is 13.1. The van der Waals surface area contributed by atoms with Gasteiger partial charge in [0, 0.05) is 6.54 Å². The number of hydrogen-bond donors (Lipinski definition) is 1. The zero-order chi connectivity index (χ0) is 19.3. The van der Waals surface area contributed by atoms with Crippen LogP contribution in [0.5, 0.6) is 17.2 Å². The first-order chi connectivity index (χ1) is 12.5. The first-order valence-electron chi connectivity index (χ1n) is 8.81. The second-order valence-corrected chi connectivity index (χ2v) is 6.30. The summed E-state index contributed by atoms with van der Waals surface area (Å²) in [7, 11) is 4.57. The molecule has 0 aliphatic carbocycles. The van der Waals surface area contributed by atoms with Crippen LogP contribution in [-0.2, 0) is 9.59 Å². The molecule has 0 radical (unpaired) electrons. The molecule has 1 amide bonds. The van der Waals surface area contributed by atoms with Gasteiger partial charge in [-0.25, -0.2) is 4.79 Å². The van der Waals surface area contributed by atoms with Crippen LogP contribution in [0.1, 0.15) is 44.1 Å². The van der Waals surface area contributed by atoms with Crippen LogP contribution in [0.25, 0.3) is 0 Å². The minimum Gasteiger partial charge on any atom is -0.493 e. The molecule has 2 rings (SSSR count). The van der Waals surface area contributed by atoms with Crippen molar-refractivity contribution in [2.75, 3.05) is 27.9 Å². The Kier molecular flexibility index (Phi) is 6.71. The van der Waals surface area contributed by atoms with Gasteiger partial charge in [0.15, 0.2) is 11.5 Å². The average molecular weight is 365 g/mol. The fourth-order valence-corrected chi connectivity index (χ4v) is 3.51. The van der Waals surface area contributed by atoms with E-state index in [1.807, 2.05) is 6.92 Å². The van der Waals surface area contributed by atoms with E-state index in [1.165, 1.54) is 26.2 Å². The number of piperidine rings is 1. The van der Waals surface area contributed by atoms with Crippen molar-refractivity contribution in [3.63, 3.8) is 0 Å². The molecule has 7 heteroatoms. The molecular weight excluding hydrogens is 338 g/mol. The Bertz CT molecular complexity index is 634. The number of aliphatic carboxylic acids is 1. The number of benzene rings is 1. The van der Waals surface area contributed by atoms with E-state index in [-0.39, 0.29) is 5.91 Å². The van der Waals surface area contributed by atoms with Gasteiger partial charge in [-0.2, -0.15) is 0 Å². The molecule has 1 aromatic carbocycles. The Labute approximate surface area is 153 Å². The van der Waals surface area contributed by atoms with Crippen LogP contribution < -0.4 is 14.2 Å². The summed E-state index contributed by atoms with van der Waals surface area (Å²) in [5.74, 6) is -0.180. The fourth-order valence-electron chi connectivity index (χ4n) is 3.51. The standard InChI is InChI=1S/C19H27NO6/c1-5-13(18(21)20-9-7-6-8-14(20)19(22)23)12-10-15(24-2)17(26-4)16(11-12)25-3/h10-11,13-14H,5-9H2,1-4H3,(H,22,23)/t13-,14?/m0/s1. The van der Waals surface area contributed by atoms with E-state index in [4.69, 9.17) is 14.2 Å². The third-order valence-electron chi connectivity index (χ3n) is 4.87. The Balaban J connectivity index is 2.40. The van der Waals surface area contributed by atoms with Gasteiger partial charge in [-0.3, -0.25) is 4.79 Å². The fraction of sp³-hybridized carbons (Fsp3) is 0.579. The van der Waals surface area contributed by atoms with E-state index < -0.39 is 17.9 Å². The van der Waals surface area contributed by atoms with Crippen molar-refractivity contribution in [3.05, 3.63) is 17.7 Å². The number of carboxylic acids is 1. The van der Waals surface area contributed by atoms with E-state index in [0.29, 0.717) is 36.6 Å². The molecule has 1 fully saturated rings. The number of hydrogen-bond acceptors (Lipinski definition) is 5. The van der Waals surface area contributed by atoms with Crippen LogP contribution in [0.4, 0.5) is 0 Å². The predicted octanol–water partition coefficient (Wildman–Crippen LogP) is 2.67. The van der Waals surface area contributed by atoms with Gasteiger partial charge in [-0.1, -0.05) is 6.92 Å². The highest BCUT2D eigenvalue weighted by atomic mass is 16.5. The lowest BCUT2D eigenvalue weighted by atomic mass is 9.91. The average Bonchev–Trinajstić information content (AvgIpc) is 2.67. The Morgan fingerprint density at radius 2 is 1.77 bits per heavy atom. The molecule has 26 heavy (non-hydrogen) atoms. The molecule has 0 bridgehead atoms. The number of carboxylic acid groups (broad SMARTS) is 1. The maximum Gasteiger partial charge on any atom is 0.326 e. The smallest absolute Gasteiger partial charge is 0.326 e. The van der Waals surface area contributed by atoms with E-state index in [0.717, 1.165) is 18.4 Å². The van der Waals surface area contributed by atoms with Crippen LogP contribution in [0.15, 0.2) is 12.1 Å². The highest BCUT2D eigenvalue weighted by molar-refractivity contribution is 5.88. The number of rotatable bonds is 7. The summed E-state index contributed by atoms with van der Waals surface area (Å²) in [5, 5.41) is 9.46. The van der Waals surface area contributed by atoms with Gasteiger partial charge in [-0.15, -0.1) is 0 Å². The molecular formula is C19H27NO6. The number of carbonyl (C=O) groups excluding carboxylic acids is 1. The van der Waals surface area contributed by atoms with Crippen molar-refractivity contribution in [1.29, 1.82) is 0 Å². The van der Waals surface area contributed by atoms with Gasteiger partial charge in [0.25, 0.3) is 0 Å². The number of amides is 1. The second-order valence-electron chi connectivity index (χ2n) is 6.30. The normalized spacial score (nSPS) is 18.2. The quantitative estimate of drug-likeness (QED) is 0.800. The molecule has 1 heterocycles. The van der Waals surface area contributed by atoms with Crippen molar-refractivity contribution in [1.82, 2.24) is 4.90 Å². The van der Waals surface area contributed by atoms with E-state index in [2.05, 4.69) is 0 Å². The molecule has 1 N–H and O–H groups in total. The molecule has 0 aromatic heterocycles. The van der Waals surface area contributed by atoms with Gasteiger partial charge in [0.1, 0.15) is 6.04 Å². The first kappa shape index (κ1) is 19.9. The van der Waals surface area contributed by atoms with E-state index >= 15 is 0 Å². The van der Waals surface area contributed by atoms with Crippen molar-refractivity contribution >= 4 is 11.9 Å². The molecule has 0 saturated carbocycles. The first-order valence-corrected chi connectivity index (χ1v) is 8.81. The summed E-state index contributed by atoms with van der Waals surface area (Å²) in [6.45, 7) is 2.38. The molecule has 1 aliphatic rings. The van der Waals surface area contributed by atoms with Crippen LogP contribution in [0.3, 0.4) is 0 Å². The Hall–Kier alpha value is -2.44. The van der Waals surface area contributed by atoms with Crippen LogP contribution in [-0.4, -0.2) is 55.8 Å². The molecule has 1 aliphatic heterocycles. The lowest BCUT2D eigenvalue weighted by Crippen LogP contribution is -2.49. The third kappa shape index (κ3) is 3.86. The SMILES string of the molecule is CC[C@H](C(=O)N1CCCCC1C(=O)O)c1cc(OC)c(OC)c(OC)c1. The Morgan fingerprint density at radius 1 is 1.15 bits per heavy atom. The minimum absolute atomic E-state index is 0.172. The van der Waals surface area contributed by atoms with Crippen molar-refractivity contribution in [2.45, 2.75) is 44.6 Å². The van der Waals surface area contributed by atoms with Crippen LogP contribution in [0.2, 0.25) is 0 Å². The summed E-state index contributed by atoms with van der Waals surface area (Å²) < 4.78 is 16.1. The molecule has 144 valence electrons. The third-order valence-corrected chi connectivity index (χ3v) is 4.87. The van der Waals surface area contributed by atoms with Gasteiger partial charge in [-0.05, 0) is 43.4 Å². The number of carbonyl (C=O) groups is 2. The largest absolute Gasteiger partial charge is 0.493 e. The summed E-state index contributed by atoms with van der Waals surface area (Å²) in [4.78, 5) is 26.2. The molecule has 2 atom stereocenters. The predicted molar refractivity (Wildman–Crippen MR) is 96.1 cm³/mol. The number of ether oxygens (including phenoxy) is 3. The maximum absolute atomic E-state index is 13.1. The van der Waals surface area contributed by atoms with Crippen LogP contribution in [0, 0.1) is 0 Å². The topological polar surface area (TPSA) is 85.3 Å². The summed E-state index contributed by atoms with van der Waals surface area (Å²) in [6, 6.07) is 2.76. The highest BCUT2D eigenvalue weighted by Gasteiger charge is 2.36. The van der Waals surface area contributed by atoms with Crippen LogP contribution >= 0.6 is 0 Å². The molecule has 0 spiro atoms. The molecule has 1 unspecified atom stereocenters. The van der Waals surface area contributed by atoms with Gasteiger partial charge in [0.2, 0.25) is 11.7 Å². The number of methoxy groups -OCH3 is 3. The zero-order valence-electron chi connectivity index (χ0n) is 15.8. The number of likely N-dealkylation sites (tertiary alicyclic amines) is 1. The molecule has 1 aromatic rings. The molecule has 7 nitrogen and oxygen atoms in total. The monoisotopic (exact) mass is 365 g/mol. The zero-order valence-corrected chi connectivity index (χ0v) is 15.8. The summed E-state index contributed by atoms with van der Waals surface area (Å²) in [6.07, 6.45) is 2.68. The number of nitrogens with zero attached hydrogens (tertiary/aromatic N) is 1. The van der Waals surface area contributed by atoms with Gasteiger partial charge >= 0.3 is 5.97 Å². The van der Waals surface area contributed by atoms with Gasteiger partial charge < -0.3 is 24.2 Å². The minimum atomic E-state index is -0.946. The van der Waals surface area contributed by atoms with Crippen molar-refractivity contribution in [3.8, 4) is 17.2 Å². The summed E-state index contributed by atoms with van der Waals surface area (Å²) >= 11 is 0. The van der Waals surface area contributed by atoms with E-state index in [9.17, 15) is 14.7 Å². The van der Waals surface area contributed by atoms with E-state index in [1.54, 1.807) is 12.1 Å². The lowest BCUT2D eigenvalue weighted by Gasteiger charge is -2.35.